The molecule has 0 aromatic carbocycles. The summed E-state index contributed by atoms with van der Waals surface area (Å²) in [5, 5.41) is 0. The number of thiophene rings is 1. The summed E-state index contributed by atoms with van der Waals surface area (Å²) >= 11 is 1.87. The van der Waals surface area contributed by atoms with Crippen LogP contribution in [-0.2, 0) is 13.1 Å². The molecule has 1 saturated heterocycles. The second-order valence-corrected chi connectivity index (χ2v) is 6.25. The predicted molar refractivity (Wildman–Crippen MR) is 70.5 cm³/mol. The van der Waals surface area contributed by atoms with E-state index in [0.29, 0.717) is 6.54 Å². The SMILES string of the molecule is CC(C)C1CCCN1Cc1ccc(CN)s1. The van der Waals surface area contributed by atoms with E-state index in [1.54, 1.807) is 0 Å². The maximum Gasteiger partial charge on any atom is 0.0331 e. The van der Waals surface area contributed by atoms with Crippen LogP contribution in [-0.4, -0.2) is 17.5 Å². The Morgan fingerprint density at radius 1 is 1.44 bits per heavy atom. The molecule has 0 amide bonds. The van der Waals surface area contributed by atoms with Gasteiger partial charge in [-0.15, -0.1) is 11.3 Å². The number of hydrogen-bond donors (Lipinski definition) is 1. The van der Waals surface area contributed by atoms with Gasteiger partial charge in [0.05, 0.1) is 0 Å². The third kappa shape index (κ3) is 2.65. The standard InChI is InChI=1S/C13H22N2S/c1-10(2)13-4-3-7-15(13)9-12-6-5-11(8-14)16-12/h5-6,10,13H,3-4,7-9,14H2,1-2H3. The van der Waals surface area contributed by atoms with Gasteiger partial charge in [-0.25, -0.2) is 0 Å². The number of likely N-dealkylation sites (tertiary alicyclic amines) is 1. The Hall–Kier alpha value is -0.380. The van der Waals surface area contributed by atoms with Gasteiger partial charge in [-0.3, -0.25) is 4.90 Å². The second kappa shape index (κ2) is 5.30. The monoisotopic (exact) mass is 238 g/mol. The van der Waals surface area contributed by atoms with Gasteiger partial charge in [0.2, 0.25) is 0 Å². The summed E-state index contributed by atoms with van der Waals surface area (Å²) in [6.45, 7) is 7.73. The molecule has 1 aromatic heterocycles. The molecule has 1 fully saturated rings. The molecule has 3 heteroatoms. The average molecular weight is 238 g/mol. The quantitative estimate of drug-likeness (QED) is 0.874. The molecule has 1 unspecified atom stereocenters. The Morgan fingerprint density at radius 2 is 2.19 bits per heavy atom. The molecule has 0 radical (unpaired) electrons. The van der Waals surface area contributed by atoms with E-state index in [4.69, 9.17) is 5.73 Å². The lowest BCUT2D eigenvalue weighted by Crippen LogP contribution is -2.32. The van der Waals surface area contributed by atoms with Gasteiger partial charge < -0.3 is 5.73 Å². The van der Waals surface area contributed by atoms with Crippen LogP contribution in [0.25, 0.3) is 0 Å². The Bertz CT molecular complexity index is 332. The van der Waals surface area contributed by atoms with Gasteiger partial charge in [0.25, 0.3) is 0 Å². The van der Waals surface area contributed by atoms with Gasteiger partial charge in [0.1, 0.15) is 0 Å². The van der Waals surface area contributed by atoms with Crippen LogP contribution in [0.1, 0.15) is 36.4 Å². The molecule has 2 rings (SSSR count). The van der Waals surface area contributed by atoms with E-state index >= 15 is 0 Å². The molecule has 0 spiro atoms. The van der Waals surface area contributed by atoms with Crippen molar-refractivity contribution in [2.24, 2.45) is 11.7 Å². The lowest BCUT2D eigenvalue weighted by Gasteiger charge is -2.26. The topological polar surface area (TPSA) is 29.3 Å². The highest BCUT2D eigenvalue weighted by molar-refractivity contribution is 7.11. The summed E-state index contributed by atoms with van der Waals surface area (Å²) in [6, 6.07) is 5.19. The van der Waals surface area contributed by atoms with E-state index in [-0.39, 0.29) is 0 Å². The lowest BCUT2D eigenvalue weighted by atomic mass is 10.0. The number of hydrogen-bond acceptors (Lipinski definition) is 3. The molecule has 90 valence electrons. The molecule has 1 aliphatic heterocycles. The van der Waals surface area contributed by atoms with E-state index in [2.05, 4.69) is 30.9 Å². The number of rotatable bonds is 4. The zero-order valence-electron chi connectivity index (χ0n) is 10.3. The zero-order chi connectivity index (χ0) is 11.5. The molecule has 2 nitrogen and oxygen atoms in total. The minimum atomic E-state index is 0.679. The van der Waals surface area contributed by atoms with Crippen LogP contribution in [0.3, 0.4) is 0 Å². The molecular formula is C13H22N2S. The molecule has 1 aromatic rings. The van der Waals surface area contributed by atoms with Crippen LogP contribution >= 0.6 is 11.3 Å². The van der Waals surface area contributed by atoms with Gasteiger partial charge in [-0.2, -0.15) is 0 Å². The summed E-state index contributed by atoms with van der Waals surface area (Å²) in [4.78, 5) is 5.40. The summed E-state index contributed by atoms with van der Waals surface area (Å²) in [5.41, 5.74) is 5.64. The average Bonchev–Trinajstić information content (AvgIpc) is 2.87. The van der Waals surface area contributed by atoms with Crippen LogP contribution in [0.15, 0.2) is 12.1 Å². The molecule has 1 atom stereocenters. The lowest BCUT2D eigenvalue weighted by molar-refractivity contribution is 0.200. The first-order valence-corrected chi connectivity index (χ1v) is 7.04. The highest BCUT2D eigenvalue weighted by Gasteiger charge is 2.26. The third-order valence-corrected chi connectivity index (χ3v) is 4.55. The Balaban J connectivity index is 1.98. The van der Waals surface area contributed by atoms with E-state index in [1.165, 1.54) is 29.1 Å². The van der Waals surface area contributed by atoms with E-state index in [1.807, 2.05) is 11.3 Å². The molecule has 16 heavy (non-hydrogen) atoms. The summed E-state index contributed by atoms with van der Waals surface area (Å²) in [5.74, 6) is 0.774. The Morgan fingerprint density at radius 3 is 2.81 bits per heavy atom. The van der Waals surface area contributed by atoms with Crippen molar-refractivity contribution < 1.29 is 0 Å². The van der Waals surface area contributed by atoms with Crippen LogP contribution in [0.5, 0.6) is 0 Å². The van der Waals surface area contributed by atoms with Crippen molar-refractivity contribution in [2.45, 2.75) is 45.8 Å². The number of nitrogens with zero attached hydrogens (tertiary/aromatic N) is 1. The van der Waals surface area contributed by atoms with Gasteiger partial charge >= 0.3 is 0 Å². The normalized spacial score (nSPS) is 22.1. The van der Waals surface area contributed by atoms with Crippen LogP contribution < -0.4 is 5.73 Å². The first-order chi connectivity index (χ1) is 7.70. The summed E-state index contributed by atoms with van der Waals surface area (Å²) < 4.78 is 0. The first kappa shape index (κ1) is 12.1. The largest absolute Gasteiger partial charge is 0.326 e. The van der Waals surface area contributed by atoms with Gasteiger partial charge in [0, 0.05) is 28.9 Å². The van der Waals surface area contributed by atoms with E-state index in [9.17, 15) is 0 Å². The van der Waals surface area contributed by atoms with Crippen molar-refractivity contribution in [1.29, 1.82) is 0 Å². The van der Waals surface area contributed by atoms with Gasteiger partial charge in [-0.05, 0) is 37.4 Å². The van der Waals surface area contributed by atoms with Crippen LogP contribution in [0.4, 0.5) is 0 Å². The highest BCUT2D eigenvalue weighted by Crippen LogP contribution is 2.27. The fraction of sp³-hybridized carbons (Fsp3) is 0.692. The highest BCUT2D eigenvalue weighted by atomic mass is 32.1. The molecule has 0 saturated carbocycles. The van der Waals surface area contributed by atoms with Crippen molar-refractivity contribution in [3.05, 3.63) is 21.9 Å². The van der Waals surface area contributed by atoms with Crippen LogP contribution in [0, 0.1) is 5.92 Å². The fourth-order valence-corrected chi connectivity index (χ4v) is 3.54. The summed E-state index contributed by atoms with van der Waals surface area (Å²) in [7, 11) is 0. The van der Waals surface area contributed by atoms with Gasteiger partial charge in [-0.1, -0.05) is 13.8 Å². The minimum Gasteiger partial charge on any atom is -0.326 e. The van der Waals surface area contributed by atoms with Gasteiger partial charge in [0.15, 0.2) is 0 Å². The molecule has 2 heterocycles. The summed E-state index contributed by atoms with van der Waals surface area (Å²) in [6.07, 6.45) is 2.73. The fourth-order valence-electron chi connectivity index (χ4n) is 2.62. The molecule has 0 bridgehead atoms. The molecule has 2 N–H and O–H groups in total. The first-order valence-electron chi connectivity index (χ1n) is 6.22. The Labute approximate surface area is 102 Å². The molecular weight excluding hydrogens is 216 g/mol. The second-order valence-electron chi connectivity index (χ2n) is 5.00. The van der Waals surface area contributed by atoms with E-state index < -0.39 is 0 Å². The maximum absolute atomic E-state index is 5.64. The van der Waals surface area contributed by atoms with Crippen molar-refractivity contribution >= 4 is 11.3 Å². The van der Waals surface area contributed by atoms with Crippen molar-refractivity contribution in [1.82, 2.24) is 4.90 Å². The minimum absolute atomic E-state index is 0.679. The van der Waals surface area contributed by atoms with Crippen LogP contribution in [0.2, 0.25) is 0 Å². The Kier molecular flexibility index (Phi) is 4.00. The number of nitrogens with two attached hydrogens (primary N) is 1. The zero-order valence-corrected chi connectivity index (χ0v) is 11.1. The smallest absolute Gasteiger partial charge is 0.0331 e. The van der Waals surface area contributed by atoms with E-state index in [0.717, 1.165) is 18.5 Å². The van der Waals surface area contributed by atoms with Crippen molar-refractivity contribution in [3.8, 4) is 0 Å². The predicted octanol–water partition coefficient (Wildman–Crippen LogP) is 2.83. The maximum atomic E-state index is 5.64. The van der Waals surface area contributed by atoms with Crippen molar-refractivity contribution in [3.63, 3.8) is 0 Å². The molecule has 1 aliphatic rings. The molecule has 0 aliphatic carbocycles. The third-order valence-electron chi connectivity index (χ3n) is 3.46. The van der Waals surface area contributed by atoms with Crippen molar-refractivity contribution in [2.75, 3.05) is 6.54 Å².